The molecule has 0 fully saturated rings. The number of aromatic nitrogens is 6. The molecule has 0 saturated carbocycles. The Morgan fingerprint density at radius 2 is 0.791 bits per heavy atom. The van der Waals surface area contributed by atoms with Gasteiger partial charge in [-0.3, -0.25) is 4.57 Å². The van der Waals surface area contributed by atoms with E-state index in [2.05, 4.69) is 214 Å². The number of fused-ring (bicyclic) bond motifs is 9. The standard InChI is InChI=1S/C61H42N6/c1-3-13-43(14-4-1)59-62-60(49-35-41-28-27-39-23-25-40(26-24-39)29-31-42(49)32-30-41)64-61(63-59)67-56-34-33-45(66-53-20-10-7-17-46(53)47-18-8-11-21-54(47)66)36-50(56)52-38-57-51(37-58(52)67)48-19-9-12-22-55(48)65(57)44-15-5-2-6-16-44/h1-26,30,32-38H,27-29,31H2. The Balaban J connectivity index is 1.07. The van der Waals surface area contributed by atoms with Gasteiger partial charge in [0.1, 0.15) is 0 Å². The molecule has 0 aliphatic heterocycles. The normalized spacial score (nSPS) is 12.8. The van der Waals surface area contributed by atoms with Gasteiger partial charge >= 0.3 is 0 Å². The van der Waals surface area contributed by atoms with Gasteiger partial charge < -0.3 is 9.13 Å². The van der Waals surface area contributed by atoms with E-state index in [4.69, 9.17) is 15.0 Å². The zero-order valence-corrected chi connectivity index (χ0v) is 36.6. The maximum atomic E-state index is 5.56. The van der Waals surface area contributed by atoms with Crippen molar-refractivity contribution in [1.82, 2.24) is 28.7 Å². The maximum absolute atomic E-state index is 5.56. The van der Waals surface area contributed by atoms with Crippen LogP contribution in [0, 0.1) is 0 Å². The molecule has 4 heterocycles. The van der Waals surface area contributed by atoms with Crippen molar-refractivity contribution in [2.24, 2.45) is 0 Å². The summed E-state index contributed by atoms with van der Waals surface area (Å²) < 4.78 is 7.10. The van der Waals surface area contributed by atoms with E-state index in [9.17, 15) is 0 Å². The van der Waals surface area contributed by atoms with E-state index in [0.717, 1.165) is 81.0 Å². The second-order valence-electron chi connectivity index (χ2n) is 17.9. The molecule has 0 spiro atoms. The van der Waals surface area contributed by atoms with Crippen molar-refractivity contribution >= 4 is 65.4 Å². The van der Waals surface area contributed by atoms with Crippen LogP contribution in [-0.2, 0) is 25.7 Å². The number of aryl methyl sites for hydroxylation is 4. The summed E-state index contributed by atoms with van der Waals surface area (Å²) in [4.78, 5) is 16.3. The molecule has 0 N–H and O–H groups in total. The van der Waals surface area contributed by atoms with E-state index >= 15 is 0 Å². The highest BCUT2D eigenvalue weighted by molar-refractivity contribution is 6.19. The first-order valence-corrected chi connectivity index (χ1v) is 23.3. The fourth-order valence-corrected chi connectivity index (χ4v) is 10.8. The quantitative estimate of drug-likeness (QED) is 0.173. The van der Waals surface area contributed by atoms with Crippen LogP contribution in [-0.4, -0.2) is 28.7 Å². The Morgan fingerprint density at radius 1 is 0.299 bits per heavy atom. The zero-order chi connectivity index (χ0) is 44.0. The molecule has 0 unspecified atom stereocenters. The first-order valence-electron chi connectivity index (χ1n) is 23.3. The van der Waals surface area contributed by atoms with Crippen LogP contribution in [0.4, 0.5) is 0 Å². The van der Waals surface area contributed by atoms with Crippen molar-refractivity contribution in [1.29, 1.82) is 0 Å². The summed E-state index contributed by atoms with van der Waals surface area (Å²) in [5, 5.41) is 7.07. The monoisotopic (exact) mass is 858 g/mol. The number of para-hydroxylation sites is 4. The van der Waals surface area contributed by atoms with E-state index in [1.807, 2.05) is 6.07 Å². The Kier molecular flexibility index (Phi) is 8.43. The third-order valence-electron chi connectivity index (χ3n) is 14.1. The van der Waals surface area contributed by atoms with E-state index in [1.165, 1.54) is 54.8 Å². The summed E-state index contributed by atoms with van der Waals surface area (Å²) in [5.74, 6) is 1.92. The molecule has 17 rings (SSSR count). The zero-order valence-electron chi connectivity index (χ0n) is 36.6. The SMILES string of the molecule is c1ccc(-c2nc(-c3cc4ccc3CCc3ccc(cc3)CC4)nc(-n3c4ccc(-n5c6ccccc6c6ccccc65)cc4c4cc5c(cc43)c3ccccc3n5-c3ccccc3)n2)cc1. The van der Waals surface area contributed by atoms with Gasteiger partial charge in [0.2, 0.25) is 5.95 Å². The summed E-state index contributed by atoms with van der Waals surface area (Å²) in [6, 6.07) is 75.0. The molecule has 6 nitrogen and oxygen atoms in total. The first kappa shape index (κ1) is 37.7. The van der Waals surface area contributed by atoms with Gasteiger partial charge in [0.05, 0.1) is 33.1 Å². The van der Waals surface area contributed by atoms with Crippen LogP contribution >= 0.6 is 0 Å². The summed E-state index contributed by atoms with van der Waals surface area (Å²) in [6.07, 6.45) is 3.72. The van der Waals surface area contributed by atoms with Gasteiger partial charge in [-0.05, 0) is 115 Å². The summed E-state index contributed by atoms with van der Waals surface area (Å²) in [7, 11) is 0. The van der Waals surface area contributed by atoms with Crippen LogP contribution < -0.4 is 0 Å². The Hall–Kier alpha value is -8.61. The lowest BCUT2D eigenvalue weighted by Crippen LogP contribution is -2.08. The minimum Gasteiger partial charge on any atom is -0.309 e. The van der Waals surface area contributed by atoms with Crippen molar-refractivity contribution in [2.45, 2.75) is 25.7 Å². The predicted octanol–water partition coefficient (Wildman–Crippen LogP) is 14.4. The number of rotatable bonds is 5. The third kappa shape index (κ3) is 6.06. The molecule has 6 heteroatoms. The smallest absolute Gasteiger partial charge is 0.238 e. The van der Waals surface area contributed by atoms with Crippen LogP contribution in [0.2, 0.25) is 0 Å². The van der Waals surface area contributed by atoms with E-state index in [1.54, 1.807) is 0 Å². The van der Waals surface area contributed by atoms with Crippen molar-refractivity contribution in [3.05, 3.63) is 229 Å². The van der Waals surface area contributed by atoms with Gasteiger partial charge in [-0.2, -0.15) is 9.97 Å². The van der Waals surface area contributed by atoms with Gasteiger partial charge in [-0.1, -0.05) is 140 Å². The van der Waals surface area contributed by atoms with Crippen LogP contribution in [0.1, 0.15) is 22.3 Å². The second-order valence-corrected chi connectivity index (χ2v) is 17.9. The van der Waals surface area contributed by atoms with Crippen molar-refractivity contribution in [2.75, 3.05) is 0 Å². The Bertz CT molecular complexity index is 4030. The highest BCUT2D eigenvalue weighted by atomic mass is 15.2. The van der Waals surface area contributed by atoms with Gasteiger partial charge in [0.25, 0.3) is 0 Å². The molecule has 316 valence electrons. The number of hydrogen-bond donors (Lipinski definition) is 0. The largest absolute Gasteiger partial charge is 0.309 e. The second kappa shape index (κ2) is 15.0. The highest BCUT2D eigenvalue weighted by Crippen LogP contribution is 2.41. The van der Waals surface area contributed by atoms with Crippen molar-refractivity contribution in [3.63, 3.8) is 0 Å². The molecular formula is C61H42N6. The highest BCUT2D eigenvalue weighted by Gasteiger charge is 2.23. The molecule has 0 saturated heterocycles. The number of hydrogen-bond acceptors (Lipinski definition) is 3. The summed E-state index contributed by atoms with van der Waals surface area (Å²) >= 11 is 0. The summed E-state index contributed by atoms with van der Waals surface area (Å²) in [5.41, 5.74) is 16.2. The fraction of sp³-hybridized carbons (Fsp3) is 0.0656. The van der Waals surface area contributed by atoms with Gasteiger partial charge in [-0.25, -0.2) is 4.98 Å². The summed E-state index contributed by atoms with van der Waals surface area (Å²) in [6.45, 7) is 0. The molecule has 4 aliphatic carbocycles. The molecule has 9 aromatic carbocycles. The van der Waals surface area contributed by atoms with Crippen LogP contribution in [0.15, 0.2) is 206 Å². The minimum absolute atomic E-state index is 0.590. The third-order valence-corrected chi connectivity index (χ3v) is 14.1. The van der Waals surface area contributed by atoms with Crippen LogP contribution in [0.5, 0.6) is 0 Å². The van der Waals surface area contributed by atoms with Gasteiger partial charge in [-0.15, -0.1) is 0 Å². The van der Waals surface area contributed by atoms with Gasteiger partial charge in [0, 0.05) is 54.8 Å². The van der Waals surface area contributed by atoms with E-state index in [-0.39, 0.29) is 0 Å². The molecule has 4 aromatic heterocycles. The lowest BCUT2D eigenvalue weighted by molar-refractivity contribution is 0.913. The topological polar surface area (TPSA) is 53.5 Å². The molecule has 13 aromatic rings. The maximum Gasteiger partial charge on any atom is 0.238 e. The van der Waals surface area contributed by atoms with Crippen LogP contribution in [0.25, 0.3) is 106 Å². The minimum atomic E-state index is 0.590. The number of nitrogens with zero attached hydrogens (tertiary/aromatic N) is 6. The van der Waals surface area contributed by atoms with E-state index in [0.29, 0.717) is 17.6 Å². The molecule has 0 atom stereocenters. The first-order chi connectivity index (χ1) is 33.2. The molecule has 4 aliphatic rings. The van der Waals surface area contributed by atoms with Crippen molar-refractivity contribution in [3.8, 4) is 40.1 Å². The fourth-order valence-electron chi connectivity index (χ4n) is 10.8. The molecular weight excluding hydrogens is 817 g/mol. The average molecular weight is 859 g/mol. The van der Waals surface area contributed by atoms with E-state index < -0.39 is 0 Å². The van der Waals surface area contributed by atoms with Gasteiger partial charge in [0.15, 0.2) is 11.6 Å². The molecule has 0 radical (unpaired) electrons. The lowest BCUT2D eigenvalue weighted by Gasteiger charge is -2.16. The Morgan fingerprint density at radius 3 is 1.48 bits per heavy atom. The predicted molar refractivity (Wildman–Crippen MR) is 275 cm³/mol. The average Bonchev–Trinajstić information content (AvgIpc) is 4.02. The van der Waals surface area contributed by atoms with Crippen molar-refractivity contribution < 1.29 is 0 Å². The number of benzene rings is 9. The molecule has 4 bridgehead atoms. The Labute approximate surface area is 386 Å². The molecule has 0 amide bonds. The van der Waals surface area contributed by atoms with Crippen LogP contribution in [0.3, 0.4) is 0 Å². The molecule has 67 heavy (non-hydrogen) atoms. The lowest BCUT2D eigenvalue weighted by atomic mass is 9.93.